The number of terminal acetylenes is 1. The number of carbonyl (C=O) groups excluding carboxylic acids is 3. The van der Waals surface area contributed by atoms with Crippen LogP contribution in [0.3, 0.4) is 0 Å². The number of amides is 3. The van der Waals surface area contributed by atoms with E-state index in [1.807, 2.05) is 22.9 Å². The molecule has 2 aromatic rings. The summed E-state index contributed by atoms with van der Waals surface area (Å²) in [5, 5.41) is 3.74. The zero-order valence-corrected chi connectivity index (χ0v) is 18.3. The van der Waals surface area contributed by atoms with Crippen LogP contribution in [0.2, 0.25) is 0 Å². The van der Waals surface area contributed by atoms with Gasteiger partial charge in [0.15, 0.2) is 0 Å². The van der Waals surface area contributed by atoms with Gasteiger partial charge in [0.25, 0.3) is 11.1 Å². The van der Waals surface area contributed by atoms with Gasteiger partial charge in [-0.15, -0.1) is 6.42 Å². The molecule has 2 fully saturated rings. The largest absolute Gasteiger partial charge is 0.352 e. The van der Waals surface area contributed by atoms with Gasteiger partial charge < -0.3 is 9.88 Å². The van der Waals surface area contributed by atoms with Gasteiger partial charge in [0.2, 0.25) is 5.91 Å². The average Bonchev–Trinajstić information content (AvgIpc) is 3.44. The van der Waals surface area contributed by atoms with E-state index < -0.39 is 0 Å². The molecule has 1 aliphatic heterocycles. The molecule has 2 heterocycles. The molecular weight excluding hydrogens is 410 g/mol. The van der Waals surface area contributed by atoms with Crippen LogP contribution in [0.25, 0.3) is 17.0 Å². The number of benzene rings is 1. The molecule has 1 aromatic carbocycles. The highest BCUT2D eigenvalue weighted by Crippen LogP contribution is 2.34. The fraction of sp³-hybridized carbons (Fsp3) is 0.375. The Kier molecular flexibility index (Phi) is 6.19. The lowest BCUT2D eigenvalue weighted by atomic mass is 10.1. The summed E-state index contributed by atoms with van der Waals surface area (Å²) in [7, 11) is 0. The van der Waals surface area contributed by atoms with Gasteiger partial charge in [0, 0.05) is 23.2 Å². The Morgan fingerprint density at radius 2 is 2.10 bits per heavy atom. The summed E-state index contributed by atoms with van der Waals surface area (Å²) in [6.45, 7) is 2.26. The molecule has 1 aliphatic carbocycles. The lowest BCUT2D eigenvalue weighted by molar-refractivity contribution is -0.123. The number of thioether (sulfide) groups is 1. The Hall–Kier alpha value is -2.98. The lowest BCUT2D eigenvalue weighted by Gasteiger charge is -2.13. The van der Waals surface area contributed by atoms with Gasteiger partial charge in [-0.2, -0.15) is 0 Å². The average molecular weight is 436 g/mol. The van der Waals surface area contributed by atoms with Crippen LogP contribution < -0.4 is 5.32 Å². The predicted octanol–water partition coefficient (Wildman–Crippen LogP) is 3.93. The van der Waals surface area contributed by atoms with Crippen LogP contribution >= 0.6 is 11.8 Å². The first-order chi connectivity index (χ1) is 15.0. The van der Waals surface area contributed by atoms with Crippen molar-refractivity contribution < 1.29 is 14.4 Å². The predicted molar refractivity (Wildman–Crippen MR) is 123 cm³/mol. The number of fused-ring (bicyclic) bond motifs is 1. The van der Waals surface area contributed by atoms with E-state index in [4.69, 9.17) is 6.42 Å². The smallest absolute Gasteiger partial charge is 0.294 e. The van der Waals surface area contributed by atoms with Crippen molar-refractivity contribution in [3.63, 3.8) is 0 Å². The molecule has 1 aromatic heterocycles. The van der Waals surface area contributed by atoms with E-state index in [0.717, 1.165) is 70.8 Å². The maximum Gasteiger partial charge on any atom is 0.294 e. The minimum absolute atomic E-state index is 0.00407. The molecule has 0 atom stereocenters. The molecule has 4 rings (SSSR count). The third kappa shape index (κ3) is 4.26. The molecule has 160 valence electrons. The number of rotatable bonds is 6. The Balaban J connectivity index is 1.68. The molecule has 0 radical (unpaired) electrons. The summed E-state index contributed by atoms with van der Waals surface area (Å²) in [5.41, 5.74) is 2.93. The van der Waals surface area contributed by atoms with Gasteiger partial charge in [-0.25, -0.2) is 0 Å². The van der Waals surface area contributed by atoms with E-state index in [-0.39, 0.29) is 36.2 Å². The molecule has 3 amide bonds. The van der Waals surface area contributed by atoms with Crippen molar-refractivity contribution in [1.82, 2.24) is 14.8 Å². The van der Waals surface area contributed by atoms with Gasteiger partial charge in [-0.3, -0.25) is 19.3 Å². The van der Waals surface area contributed by atoms with Crippen LogP contribution in [0.4, 0.5) is 4.79 Å². The number of aromatic nitrogens is 1. The van der Waals surface area contributed by atoms with Gasteiger partial charge in [-0.05, 0) is 42.7 Å². The molecule has 31 heavy (non-hydrogen) atoms. The first-order valence-corrected chi connectivity index (χ1v) is 11.4. The van der Waals surface area contributed by atoms with Gasteiger partial charge in [0.1, 0.15) is 6.54 Å². The zero-order chi connectivity index (χ0) is 22.0. The first-order valence-electron chi connectivity index (χ1n) is 10.6. The van der Waals surface area contributed by atoms with E-state index in [0.29, 0.717) is 4.91 Å². The number of nitrogens with zero attached hydrogens (tertiary/aromatic N) is 2. The fourth-order valence-corrected chi connectivity index (χ4v) is 5.19. The second kappa shape index (κ2) is 9.03. The Morgan fingerprint density at radius 3 is 2.81 bits per heavy atom. The maximum atomic E-state index is 12.7. The SMILES string of the molecule is C#CCN1C(=O)S/C(=C\c2cn(CC(=O)NC3CCCC3)c3c(CC)cccc23)C1=O. The van der Waals surface area contributed by atoms with E-state index >= 15 is 0 Å². The van der Waals surface area contributed by atoms with Gasteiger partial charge in [0.05, 0.1) is 17.0 Å². The number of imide groups is 1. The topological polar surface area (TPSA) is 71.4 Å². The Labute approximate surface area is 186 Å². The first kappa shape index (κ1) is 21.3. The fourth-order valence-electron chi connectivity index (χ4n) is 4.36. The van der Waals surface area contributed by atoms with Crippen LogP contribution in [0.1, 0.15) is 43.7 Å². The maximum absolute atomic E-state index is 12.7. The van der Waals surface area contributed by atoms with Gasteiger partial charge in [-0.1, -0.05) is 43.9 Å². The van der Waals surface area contributed by atoms with Crippen molar-refractivity contribution in [1.29, 1.82) is 0 Å². The van der Waals surface area contributed by atoms with Crippen molar-refractivity contribution in [2.24, 2.45) is 0 Å². The van der Waals surface area contributed by atoms with Crippen LogP contribution in [0.5, 0.6) is 0 Å². The van der Waals surface area contributed by atoms with E-state index in [2.05, 4.69) is 24.2 Å². The molecule has 6 nitrogen and oxygen atoms in total. The van der Waals surface area contributed by atoms with Crippen LogP contribution in [-0.4, -0.2) is 39.1 Å². The molecule has 0 unspecified atom stereocenters. The van der Waals surface area contributed by atoms with Crippen molar-refractivity contribution in [2.75, 3.05) is 6.54 Å². The second-order valence-corrected chi connectivity index (χ2v) is 8.89. The molecular formula is C24H25N3O3S. The van der Waals surface area contributed by atoms with E-state index in [9.17, 15) is 14.4 Å². The van der Waals surface area contributed by atoms with Crippen LogP contribution in [0.15, 0.2) is 29.3 Å². The quantitative estimate of drug-likeness (QED) is 0.551. The second-order valence-electron chi connectivity index (χ2n) is 7.90. The molecule has 2 aliphatic rings. The number of hydrogen-bond donors (Lipinski definition) is 1. The minimum Gasteiger partial charge on any atom is -0.352 e. The van der Waals surface area contributed by atoms with Crippen molar-refractivity contribution in [2.45, 2.75) is 51.6 Å². The van der Waals surface area contributed by atoms with Crippen LogP contribution in [-0.2, 0) is 22.6 Å². The summed E-state index contributed by atoms with van der Waals surface area (Å²) in [6.07, 6.45) is 14.1. The molecule has 0 spiro atoms. The third-order valence-corrected chi connectivity index (χ3v) is 6.74. The molecule has 7 heteroatoms. The number of nitrogens with one attached hydrogen (secondary N) is 1. The highest BCUT2D eigenvalue weighted by atomic mass is 32.2. The minimum atomic E-state index is -0.375. The number of aryl methyl sites for hydroxylation is 1. The third-order valence-electron chi connectivity index (χ3n) is 5.84. The monoisotopic (exact) mass is 435 g/mol. The standard InChI is InChI=1S/C24H25N3O3S/c1-3-12-27-23(29)20(31-24(27)30)13-17-14-26(15-21(28)25-18-9-5-6-10-18)22-16(4-2)8-7-11-19(17)22/h1,7-8,11,13-14,18H,4-6,9-10,12,15H2,2H3,(H,25,28)/b20-13-. The number of para-hydroxylation sites is 1. The zero-order valence-electron chi connectivity index (χ0n) is 17.5. The molecule has 0 bridgehead atoms. The van der Waals surface area contributed by atoms with Crippen LogP contribution in [0, 0.1) is 12.3 Å². The molecule has 1 N–H and O–H groups in total. The van der Waals surface area contributed by atoms with E-state index in [1.54, 1.807) is 6.08 Å². The summed E-state index contributed by atoms with van der Waals surface area (Å²) in [4.78, 5) is 38.8. The highest BCUT2D eigenvalue weighted by Gasteiger charge is 2.34. The van der Waals surface area contributed by atoms with Crippen molar-refractivity contribution >= 4 is 45.8 Å². The van der Waals surface area contributed by atoms with Crippen molar-refractivity contribution in [3.05, 3.63) is 40.4 Å². The molecule has 1 saturated carbocycles. The Bertz CT molecular complexity index is 1120. The number of carbonyl (C=O) groups is 3. The Morgan fingerprint density at radius 1 is 1.32 bits per heavy atom. The summed E-state index contributed by atoms with van der Waals surface area (Å²) in [6, 6.07) is 6.28. The summed E-state index contributed by atoms with van der Waals surface area (Å²) in [5.74, 6) is 1.97. The highest BCUT2D eigenvalue weighted by molar-refractivity contribution is 8.18. The normalized spacial score (nSPS) is 18.3. The van der Waals surface area contributed by atoms with Crippen molar-refractivity contribution in [3.8, 4) is 12.3 Å². The summed E-state index contributed by atoms with van der Waals surface area (Å²) < 4.78 is 1.95. The number of hydrogen-bond acceptors (Lipinski definition) is 4. The lowest BCUT2D eigenvalue weighted by Crippen LogP contribution is -2.35. The molecule has 1 saturated heterocycles. The van der Waals surface area contributed by atoms with Gasteiger partial charge >= 0.3 is 0 Å². The van der Waals surface area contributed by atoms with E-state index in [1.165, 1.54) is 0 Å². The summed E-state index contributed by atoms with van der Waals surface area (Å²) >= 11 is 0.894.